The summed E-state index contributed by atoms with van der Waals surface area (Å²) < 4.78 is 26.5. The number of aromatic carboxylic acids is 1. The molecule has 0 atom stereocenters. The highest BCUT2D eigenvalue weighted by Gasteiger charge is 2.17. The van der Waals surface area contributed by atoms with E-state index in [1.807, 2.05) is 0 Å². The lowest BCUT2D eigenvalue weighted by Crippen LogP contribution is -2.17. The largest absolute Gasteiger partial charge is 0.478 e. The first-order valence-corrected chi connectivity index (χ1v) is 7.98. The Bertz CT molecular complexity index is 760. The lowest BCUT2D eigenvalue weighted by molar-refractivity contribution is 0.0698. The van der Waals surface area contributed by atoms with Crippen molar-refractivity contribution in [3.05, 3.63) is 64.7 Å². The van der Waals surface area contributed by atoms with Gasteiger partial charge in [-0.15, -0.1) is 0 Å². The summed E-state index contributed by atoms with van der Waals surface area (Å²) >= 11 is 5.72. The Hall–Kier alpha value is -2.05. The molecule has 0 saturated heterocycles. The second kappa shape index (κ2) is 6.15. The van der Waals surface area contributed by atoms with Gasteiger partial charge in [0.05, 0.1) is 17.0 Å². The molecule has 0 aromatic heterocycles. The number of sulfonamides is 1. The lowest BCUT2D eigenvalue weighted by atomic mass is 10.2. The first kappa shape index (κ1) is 15.3. The van der Waals surface area contributed by atoms with Crippen molar-refractivity contribution in [2.45, 2.75) is 5.75 Å². The maximum Gasteiger partial charge on any atom is 0.337 e. The van der Waals surface area contributed by atoms with E-state index in [4.69, 9.17) is 16.7 Å². The van der Waals surface area contributed by atoms with E-state index in [0.717, 1.165) is 0 Å². The zero-order chi connectivity index (χ0) is 15.5. The van der Waals surface area contributed by atoms with E-state index in [1.54, 1.807) is 30.3 Å². The van der Waals surface area contributed by atoms with Gasteiger partial charge in [0.1, 0.15) is 0 Å². The summed E-state index contributed by atoms with van der Waals surface area (Å²) in [7, 11) is -3.71. The minimum Gasteiger partial charge on any atom is -0.478 e. The smallest absolute Gasteiger partial charge is 0.337 e. The van der Waals surface area contributed by atoms with Crippen LogP contribution in [-0.2, 0) is 15.8 Å². The predicted molar refractivity (Wildman–Crippen MR) is 81.1 cm³/mol. The van der Waals surface area contributed by atoms with Crippen LogP contribution in [0.25, 0.3) is 0 Å². The maximum atomic E-state index is 12.1. The summed E-state index contributed by atoms with van der Waals surface area (Å²) in [5.41, 5.74) is 0.401. The molecular formula is C14H12ClNO4S. The molecule has 21 heavy (non-hydrogen) atoms. The fourth-order valence-electron chi connectivity index (χ4n) is 1.78. The summed E-state index contributed by atoms with van der Waals surface area (Å²) in [6.45, 7) is 0. The summed E-state index contributed by atoms with van der Waals surface area (Å²) in [6.07, 6.45) is 0. The van der Waals surface area contributed by atoms with Gasteiger partial charge in [-0.3, -0.25) is 4.72 Å². The van der Waals surface area contributed by atoms with Gasteiger partial charge in [-0.25, -0.2) is 13.2 Å². The van der Waals surface area contributed by atoms with E-state index in [1.165, 1.54) is 18.2 Å². The molecule has 0 aliphatic carbocycles. The average Bonchev–Trinajstić information content (AvgIpc) is 2.41. The van der Waals surface area contributed by atoms with Gasteiger partial charge in [0, 0.05) is 5.02 Å². The number of halogens is 1. The third-order valence-corrected chi connectivity index (χ3v) is 4.16. The van der Waals surface area contributed by atoms with Crippen molar-refractivity contribution in [2.24, 2.45) is 0 Å². The SMILES string of the molecule is O=C(O)c1cc(Cl)ccc1NS(=O)(=O)Cc1ccccc1. The van der Waals surface area contributed by atoms with Crippen LogP contribution < -0.4 is 4.72 Å². The minimum absolute atomic E-state index is 0.0113. The van der Waals surface area contributed by atoms with Crippen molar-refractivity contribution in [3.8, 4) is 0 Å². The Morgan fingerprint density at radius 2 is 1.81 bits per heavy atom. The Morgan fingerprint density at radius 1 is 1.14 bits per heavy atom. The van der Waals surface area contributed by atoms with E-state index in [9.17, 15) is 13.2 Å². The second-order valence-corrected chi connectivity index (χ2v) is 6.50. The number of rotatable bonds is 5. The van der Waals surface area contributed by atoms with Crippen molar-refractivity contribution >= 4 is 33.3 Å². The Morgan fingerprint density at radius 3 is 2.43 bits per heavy atom. The topological polar surface area (TPSA) is 83.5 Å². The van der Waals surface area contributed by atoms with E-state index < -0.39 is 16.0 Å². The molecule has 2 rings (SSSR count). The molecule has 2 aromatic rings. The fraction of sp³-hybridized carbons (Fsp3) is 0.0714. The highest BCUT2D eigenvalue weighted by atomic mass is 35.5. The van der Waals surface area contributed by atoms with Gasteiger partial charge in [0.25, 0.3) is 0 Å². The monoisotopic (exact) mass is 325 g/mol. The molecule has 0 aliphatic heterocycles. The third kappa shape index (κ3) is 4.21. The number of nitrogens with one attached hydrogen (secondary N) is 1. The van der Waals surface area contributed by atoms with Gasteiger partial charge in [-0.2, -0.15) is 0 Å². The van der Waals surface area contributed by atoms with Crippen LogP contribution in [0.15, 0.2) is 48.5 Å². The van der Waals surface area contributed by atoms with Crippen LogP contribution in [0.5, 0.6) is 0 Å². The summed E-state index contributed by atoms with van der Waals surface area (Å²) in [5.74, 6) is -1.50. The molecule has 0 amide bonds. The number of carbonyl (C=O) groups is 1. The Kier molecular flexibility index (Phi) is 4.50. The molecule has 5 nitrogen and oxygen atoms in total. The van der Waals surface area contributed by atoms with Crippen LogP contribution in [0.2, 0.25) is 5.02 Å². The van der Waals surface area contributed by atoms with Crippen LogP contribution in [0.4, 0.5) is 5.69 Å². The first-order chi connectivity index (χ1) is 9.87. The molecule has 110 valence electrons. The molecule has 0 spiro atoms. The summed E-state index contributed by atoms with van der Waals surface area (Å²) in [5, 5.41) is 9.30. The normalized spacial score (nSPS) is 11.1. The van der Waals surface area contributed by atoms with Crippen molar-refractivity contribution in [1.29, 1.82) is 0 Å². The summed E-state index contributed by atoms with van der Waals surface area (Å²) in [4.78, 5) is 11.1. The molecule has 7 heteroatoms. The Labute approximate surface area is 127 Å². The highest BCUT2D eigenvalue weighted by Crippen LogP contribution is 2.22. The molecule has 0 aliphatic rings. The molecular weight excluding hydrogens is 314 g/mol. The second-order valence-electron chi connectivity index (χ2n) is 4.34. The number of hydrogen-bond acceptors (Lipinski definition) is 3. The first-order valence-electron chi connectivity index (χ1n) is 5.95. The van der Waals surface area contributed by atoms with E-state index >= 15 is 0 Å². The maximum absolute atomic E-state index is 12.1. The standard InChI is InChI=1S/C14H12ClNO4S/c15-11-6-7-13(12(8-11)14(17)18)16-21(19,20)9-10-4-2-1-3-5-10/h1-8,16H,9H2,(H,17,18). The number of carboxylic acid groups (broad SMARTS) is 1. The average molecular weight is 326 g/mol. The predicted octanol–water partition coefficient (Wildman–Crippen LogP) is 2.98. The fourth-order valence-corrected chi connectivity index (χ4v) is 3.17. The molecule has 2 aromatic carbocycles. The third-order valence-electron chi connectivity index (χ3n) is 2.68. The van der Waals surface area contributed by atoms with Gasteiger partial charge in [0.15, 0.2) is 0 Å². The van der Waals surface area contributed by atoms with Gasteiger partial charge < -0.3 is 5.11 Å². The quantitative estimate of drug-likeness (QED) is 0.885. The van der Waals surface area contributed by atoms with E-state index in [-0.39, 0.29) is 22.0 Å². The lowest BCUT2D eigenvalue weighted by Gasteiger charge is -2.11. The molecule has 0 radical (unpaired) electrons. The van der Waals surface area contributed by atoms with Crippen LogP contribution >= 0.6 is 11.6 Å². The van der Waals surface area contributed by atoms with Crippen molar-refractivity contribution in [2.75, 3.05) is 4.72 Å². The zero-order valence-corrected chi connectivity index (χ0v) is 12.4. The van der Waals surface area contributed by atoms with Gasteiger partial charge >= 0.3 is 5.97 Å². The molecule has 0 fully saturated rings. The van der Waals surface area contributed by atoms with Crippen molar-refractivity contribution < 1.29 is 18.3 Å². The van der Waals surface area contributed by atoms with Gasteiger partial charge in [-0.05, 0) is 23.8 Å². The van der Waals surface area contributed by atoms with Crippen LogP contribution in [0, 0.1) is 0 Å². The Balaban J connectivity index is 2.27. The summed E-state index contributed by atoms with van der Waals surface area (Å²) in [6, 6.07) is 12.6. The van der Waals surface area contributed by atoms with Crippen molar-refractivity contribution in [3.63, 3.8) is 0 Å². The number of anilines is 1. The number of carboxylic acids is 1. The molecule has 0 saturated carbocycles. The van der Waals surface area contributed by atoms with E-state index in [0.29, 0.717) is 5.56 Å². The van der Waals surface area contributed by atoms with E-state index in [2.05, 4.69) is 4.72 Å². The van der Waals surface area contributed by atoms with Crippen LogP contribution in [0.1, 0.15) is 15.9 Å². The molecule has 0 heterocycles. The number of benzene rings is 2. The molecule has 2 N–H and O–H groups in total. The van der Waals surface area contributed by atoms with Crippen LogP contribution in [-0.4, -0.2) is 19.5 Å². The highest BCUT2D eigenvalue weighted by molar-refractivity contribution is 7.91. The van der Waals surface area contributed by atoms with Gasteiger partial charge in [0.2, 0.25) is 10.0 Å². The molecule has 0 bridgehead atoms. The number of hydrogen-bond donors (Lipinski definition) is 2. The van der Waals surface area contributed by atoms with Gasteiger partial charge in [-0.1, -0.05) is 41.9 Å². The molecule has 0 unspecified atom stereocenters. The van der Waals surface area contributed by atoms with Crippen molar-refractivity contribution in [1.82, 2.24) is 0 Å². The minimum atomic E-state index is -3.71. The van der Waals surface area contributed by atoms with Crippen LogP contribution in [0.3, 0.4) is 0 Å². The zero-order valence-electron chi connectivity index (χ0n) is 10.8.